The quantitative estimate of drug-likeness (QED) is 0.907. The van der Waals surface area contributed by atoms with Gasteiger partial charge in [-0.25, -0.2) is 0 Å². The molecule has 0 heterocycles. The normalized spacial score (nSPS) is 16.7. The molecule has 0 amide bonds. The zero-order valence-corrected chi connectivity index (χ0v) is 13.3. The van der Waals surface area contributed by atoms with Gasteiger partial charge in [0, 0.05) is 10.0 Å². The van der Waals surface area contributed by atoms with Crippen molar-refractivity contribution in [1.29, 1.82) is 0 Å². The van der Waals surface area contributed by atoms with Crippen molar-refractivity contribution in [2.75, 3.05) is 7.11 Å². The molecule has 1 aromatic rings. The summed E-state index contributed by atoms with van der Waals surface area (Å²) in [4.78, 5) is 0. The second-order valence-electron chi connectivity index (χ2n) is 5.57. The molecular weight excluding hydrogens is 308 g/mol. The number of methoxy groups -OCH3 is 1. The van der Waals surface area contributed by atoms with Crippen LogP contribution in [-0.2, 0) is 5.60 Å². The Morgan fingerprint density at radius 3 is 2.37 bits per heavy atom. The molecule has 1 N–H and O–H groups in total. The predicted octanol–water partition coefficient (Wildman–Crippen LogP) is 4.01. The lowest BCUT2D eigenvalue weighted by molar-refractivity contribution is 0.0773. The molecule has 19 heavy (non-hydrogen) atoms. The maximum atomic E-state index is 10.1. The van der Waals surface area contributed by atoms with Gasteiger partial charge in [-0.15, -0.1) is 0 Å². The van der Waals surface area contributed by atoms with Crippen molar-refractivity contribution < 1.29 is 14.6 Å². The Bertz CT molecular complexity index is 445. The second kappa shape index (κ2) is 5.71. The Morgan fingerprint density at radius 2 is 1.84 bits per heavy atom. The lowest BCUT2D eigenvalue weighted by Crippen LogP contribution is -2.17. The van der Waals surface area contributed by atoms with Crippen molar-refractivity contribution in [2.24, 2.45) is 0 Å². The fourth-order valence-electron chi connectivity index (χ4n) is 2.44. The highest BCUT2D eigenvalue weighted by Crippen LogP contribution is 2.39. The van der Waals surface area contributed by atoms with E-state index in [4.69, 9.17) is 9.47 Å². The van der Waals surface area contributed by atoms with Crippen molar-refractivity contribution in [3.63, 3.8) is 0 Å². The van der Waals surface area contributed by atoms with Gasteiger partial charge in [0.2, 0.25) is 0 Å². The van der Waals surface area contributed by atoms with Crippen LogP contribution in [0.1, 0.15) is 45.1 Å². The van der Waals surface area contributed by atoms with Gasteiger partial charge in [0.25, 0.3) is 0 Å². The number of rotatable bonds is 4. The first kappa shape index (κ1) is 14.7. The van der Waals surface area contributed by atoms with Crippen LogP contribution in [0.2, 0.25) is 0 Å². The molecule has 0 atom stereocenters. The number of aliphatic hydroxyl groups is 1. The molecule has 3 nitrogen and oxygen atoms in total. The second-order valence-corrected chi connectivity index (χ2v) is 6.42. The Morgan fingerprint density at radius 1 is 1.21 bits per heavy atom. The molecule has 0 unspecified atom stereocenters. The highest BCUT2D eigenvalue weighted by Gasteiger charge is 2.24. The Hall–Kier alpha value is -0.740. The Balaban J connectivity index is 2.31. The van der Waals surface area contributed by atoms with Gasteiger partial charge < -0.3 is 14.6 Å². The van der Waals surface area contributed by atoms with Gasteiger partial charge in [-0.1, -0.05) is 15.9 Å². The summed E-state index contributed by atoms with van der Waals surface area (Å²) < 4.78 is 12.2. The van der Waals surface area contributed by atoms with E-state index in [1.54, 1.807) is 21.0 Å². The molecule has 0 aromatic heterocycles. The van der Waals surface area contributed by atoms with E-state index in [2.05, 4.69) is 15.9 Å². The van der Waals surface area contributed by atoms with Gasteiger partial charge in [0.1, 0.15) is 0 Å². The monoisotopic (exact) mass is 328 g/mol. The van der Waals surface area contributed by atoms with Crippen LogP contribution in [0.5, 0.6) is 11.5 Å². The van der Waals surface area contributed by atoms with Gasteiger partial charge in [-0.3, -0.25) is 0 Å². The molecule has 0 radical (unpaired) electrons. The smallest absolute Gasteiger partial charge is 0.162 e. The lowest BCUT2D eigenvalue weighted by atomic mass is 9.98. The summed E-state index contributed by atoms with van der Waals surface area (Å²) in [6.07, 6.45) is 4.96. The van der Waals surface area contributed by atoms with Gasteiger partial charge in [0.15, 0.2) is 11.5 Å². The van der Waals surface area contributed by atoms with Gasteiger partial charge in [-0.05, 0) is 51.7 Å². The van der Waals surface area contributed by atoms with E-state index in [9.17, 15) is 5.11 Å². The number of hydrogen-bond acceptors (Lipinski definition) is 3. The van der Waals surface area contributed by atoms with Crippen LogP contribution in [0.3, 0.4) is 0 Å². The lowest BCUT2D eigenvalue weighted by Gasteiger charge is -2.23. The largest absolute Gasteiger partial charge is 0.493 e. The first-order chi connectivity index (χ1) is 8.91. The molecular formula is C15H21BrO3. The predicted molar refractivity (Wildman–Crippen MR) is 78.8 cm³/mol. The molecule has 106 valence electrons. The Labute approximate surface area is 123 Å². The van der Waals surface area contributed by atoms with E-state index in [1.807, 2.05) is 12.1 Å². The summed E-state index contributed by atoms with van der Waals surface area (Å²) in [6, 6.07) is 3.73. The summed E-state index contributed by atoms with van der Waals surface area (Å²) in [5.41, 5.74) is -0.124. The van der Waals surface area contributed by atoms with Crippen LogP contribution in [-0.4, -0.2) is 18.3 Å². The number of ether oxygens (including phenoxy) is 2. The first-order valence-electron chi connectivity index (χ1n) is 6.69. The molecule has 0 spiro atoms. The number of benzene rings is 1. The standard InChI is InChI=1S/C15H21BrO3/c1-15(2,17)11-8-13(18-3)14(9-12(11)16)19-10-6-4-5-7-10/h8-10,17H,4-7H2,1-3H3. The molecule has 1 fully saturated rings. The van der Waals surface area contributed by atoms with Crippen LogP contribution in [0.15, 0.2) is 16.6 Å². The van der Waals surface area contributed by atoms with Crippen molar-refractivity contribution >= 4 is 15.9 Å². The van der Waals surface area contributed by atoms with Crippen molar-refractivity contribution in [3.05, 3.63) is 22.2 Å². The third-order valence-corrected chi connectivity index (χ3v) is 4.16. The minimum Gasteiger partial charge on any atom is -0.493 e. The van der Waals surface area contributed by atoms with Crippen molar-refractivity contribution in [3.8, 4) is 11.5 Å². The SMILES string of the molecule is COc1cc(C(C)(C)O)c(Br)cc1OC1CCCC1. The summed E-state index contributed by atoms with van der Waals surface area (Å²) in [7, 11) is 1.62. The Kier molecular flexibility index (Phi) is 4.41. The average Bonchev–Trinajstić information content (AvgIpc) is 2.80. The number of halogens is 1. The molecule has 0 saturated heterocycles. The summed E-state index contributed by atoms with van der Waals surface area (Å²) in [5, 5.41) is 10.1. The summed E-state index contributed by atoms with van der Waals surface area (Å²) >= 11 is 3.50. The molecule has 1 aliphatic rings. The summed E-state index contributed by atoms with van der Waals surface area (Å²) in [6.45, 7) is 3.51. The van der Waals surface area contributed by atoms with E-state index in [0.717, 1.165) is 28.6 Å². The molecule has 1 aromatic carbocycles. The molecule has 4 heteroatoms. The fraction of sp³-hybridized carbons (Fsp3) is 0.600. The van der Waals surface area contributed by atoms with Crippen LogP contribution >= 0.6 is 15.9 Å². The average molecular weight is 329 g/mol. The third-order valence-electron chi connectivity index (χ3n) is 3.51. The zero-order valence-electron chi connectivity index (χ0n) is 11.7. The topological polar surface area (TPSA) is 38.7 Å². The third kappa shape index (κ3) is 3.42. The molecule has 1 aliphatic carbocycles. The van der Waals surface area contributed by atoms with Gasteiger partial charge >= 0.3 is 0 Å². The van der Waals surface area contributed by atoms with Crippen LogP contribution in [0.4, 0.5) is 0 Å². The molecule has 2 rings (SSSR count). The van der Waals surface area contributed by atoms with Crippen LogP contribution in [0.25, 0.3) is 0 Å². The van der Waals surface area contributed by atoms with E-state index in [1.165, 1.54) is 12.8 Å². The highest BCUT2D eigenvalue weighted by atomic mass is 79.9. The van der Waals surface area contributed by atoms with E-state index >= 15 is 0 Å². The van der Waals surface area contributed by atoms with E-state index in [0.29, 0.717) is 5.75 Å². The number of hydrogen-bond donors (Lipinski definition) is 1. The van der Waals surface area contributed by atoms with Gasteiger partial charge in [0.05, 0.1) is 18.8 Å². The van der Waals surface area contributed by atoms with Crippen molar-refractivity contribution in [2.45, 2.75) is 51.2 Å². The molecule has 0 bridgehead atoms. The first-order valence-corrected chi connectivity index (χ1v) is 7.48. The maximum Gasteiger partial charge on any atom is 0.162 e. The van der Waals surface area contributed by atoms with Gasteiger partial charge in [-0.2, -0.15) is 0 Å². The maximum absolute atomic E-state index is 10.1. The minimum atomic E-state index is -0.919. The molecule has 0 aliphatic heterocycles. The van der Waals surface area contributed by atoms with Crippen LogP contribution < -0.4 is 9.47 Å². The zero-order chi connectivity index (χ0) is 14.0. The van der Waals surface area contributed by atoms with E-state index < -0.39 is 5.60 Å². The van der Waals surface area contributed by atoms with E-state index in [-0.39, 0.29) is 6.10 Å². The molecule has 1 saturated carbocycles. The van der Waals surface area contributed by atoms with Crippen LogP contribution in [0, 0.1) is 0 Å². The fourth-order valence-corrected chi connectivity index (χ4v) is 3.25. The summed E-state index contributed by atoms with van der Waals surface area (Å²) in [5.74, 6) is 1.42. The minimum absolute atomic E-state index is 0.286. The van der Waals surface area contributed by atoms with Crippen molar-refractivity contribution in [1.82, 2.24) is 0 Å². The highest BCUT2D eigenvalue weighted by molar-refractivity contribution is 9.10.